The SMILES string of the molecule is CCCCCC[C@@H]1CCCN(C)C1. The Kier molecular flexibility index (Phi) is 5.45. The van der Waals surface area contributed by atoms with Crippen molar-refractivity contribution in [1.29, 1.82) is 0 Å². The second kappa shape index (κ2) is 6.42. The van der Waals surface area contributed by atoms with Crippen LogP contribution in [-0.2, 0) is 0 Å². The van der Waals surface area contributed by atoms with E-state index in [2.05, 4.69) is 18.9 Å². The Morgan fingerprint density at radius 1 is 1.23 bits per heavy atom. The van der Waals surface area contributed by atoms with Gasteiger partial charge in [-0.2, -0.15) is 0 Å². The number of likely N-dealkylation sites (tertiary alicyclic amines) is 1. The van der Waals surface area contributed by atoms with E-state index >= 15 is 0 Å². The zero-order chi connectivity index (χ0) is 9.52. The topological polar surface area (TPSA) is 3.24 Å². The van der Waals surface area contributed by atoms with Crippen molar-refractivity contribution in [2.75, 3.05) is 20.1 Å². The molecule has 1 heterocycles. The molecule has 0 aliphatic carbocycles. The van der Waals surface area contributed by atoms with Crippen LogP contribution in [0.15, 0.2) is 0 Å². The molecule has 0 N–H and O–H groups in total. The van der Waals surface area contributed by atoms with Crippen LogP contribution >= 0.6 is 0 Å². The van der Waals surface area contributed by atoms with Gasteiger partial charge in [0.25, 0.3) is 0 Å². The van der Waals surface area contributed by atoms with Gasteiger partial charge in [0.1, 0.15) is 0 Å². The third kappa shape index (κ3) is 4.66. The van der Waals surface area contributed by atoms with Gasteiger partial charge in [-0.25, -0.2) is 0 Å². The number of rotatable bonds is 5. The minimum Gasteiger partial charge on any atom is -0.306 e. The van der Waals surface area contributed by atoms with Gasteiger partial charge in [-0.3, -0.25) is 0 Å². The zero-order valence-electron chi connectivity index (χ0n) is 9.39. The molecule has 1 aliphatic rings. The second-order valence-corrected chi connectivity index (χ2v) is 4.62. The van der Waals surface area contributed by atoms with Crippen molar-refractivity contribution in [3.63, 3.8) is 0 Å². The molecule has 1 heteroatoms. The molecule has 0 radical (unpaired) electrons. The average Bonchev–Trinajstić information content (AvgIpc) is 2.13. The van der Waals surface area contributed by atoms with Gasteiger partial charge in [0, 0.05) is 6.54 Å². The van der Waals surface area contributed by atoms with Gasteiger partial charge in [0.15, 0.2) is 0 Å². The first-order chi connectivity index (χ1) is 6.33. The Hall–Kier alpha value is -0.0400. The predicted molar refractivity (Wildman–Crippen MR) is 59.0 cm³/mol. The zero-order valence-corrected chi connectivity index (χ0v) is 9.39. The molecule has 1 fully saturated rings. The highest BCUT2D eigenvalue weighted by molar-refractivity contribution is 4.70. The van der Waals surface area contributed by atoms with Crippen LogP contribution in [0.1, 0.15) is 51.9 Å². The highest BCUT2D eigenvalue weighted by atomic mass is 15.1. The third-order valence-corrected chi connectivity index (χ3v) is 3.19. The van der Waals surface area contributed by atoms with E-state index in [4.69, 9.17) is 0 Å². The maximum atomic E-state index is 2.49. The summed E-state index contributed by atoms with van der Waals surface area (Å²) in [6, 6.07) is 0. The Morgan fingerprint density at radius 3 is 2.77 bits per heavy atom. The van der Waals surface area contributed by atoms with Gasteiger partial charge >= 0.3 is 0 Å². The molecular formula is C12H25N. The molecule has 1 rings (SSSR count). The van der Waals surface area contributed by atoms with Crippen LogP contribution in [0, 0.1) is 5.92 Å². The normalized spacial score (nSPS) is 24.9. The molecule has 1 aliphatic heterocycles. The summed E-state index contributed by atoms with van der Waals surface area (Å²) in [4.78, 5) is 2.49. The standard InChI is InChI=1S/C12H25N/c1-3-4-5-6-8-12-9-7-10-13(2)11-12/h12H,3-11H2,1-2H3/t12-/m1/s1. The van der Waals surface area contributed by atoms with Crippen molar-refractivity contribution in [1.82, 2.24) is 4.90 Å². The number of hydrogen-bond acceptors (Lipinski definition) is 1. The summed E-state index contributed by atoms with van der Waals surface area (Å²) in [5, 5.41) is 0. The van der Waals surface area contributed by atoms with Crippen LogP contribution in [0.4, 0.5) is 0 Å². The summed E-state index contributed by atoms with van der Waals surface area (Å²) in [5.41, 5.74) is 0. The number of hydrogen-bond donors (Lipinski definition) is 0. The van der Waals surface area contributed by atoms with E-state index in [1.54, 1.807) is 0 Å². The first kappa shape index (κ1) is 11.0. The van der Waals surface area contributed by atoms with E-state index in [0.29, 0.717) is 0 Å². The largest absolute Gasteiger partial charge is 0.306 e. The van der Waals surface area contributed by atoms with E-state index in [0.717, 1.165) is 5.92 Å². The summed E-state index contributed by atoms with van der Waals surface area (Å²) in [5.74, 6) is 1.01. The lowest BCUT2D eigenvalue weighted by molar-refractivity contribution is 0.199. The first-order valence-corrected chi connectivity index (χ1v) is 6.01. The molecule has 1 nitrogen and oxygen atoms in total. The van der Waals surface area contributed by atoms with Crippen LogP contribution in [-0.4, -0.2) is 25.0 Å². The van der Waals surface area contributed by atoms with Crippen molar-refractivity contribution in [2.45, 2.75) is 51.9 Å². The Bertz CT molecular complexity index is 122. The molecular weight excluding hydrogens is 158 g/mol. The van der Waals surface area contributed by atoms with Gasteiger partial charge in [-0.05, 0) is 38.8 Å². The Labute approximate surface area is 83.5 Å². The Balaban J connectivity index is 2.00. The van der Waals surface area contributed by atoms with Crippen LogP contribution in [0.25, 0.3) is 0 Å². The third-order valence-electron chi connectivity index (χ3n) is 3.19. The number of unbranched alkanes of at least 4 members (excludes halogenated alkanes) is 3. The fraction of sp³-hybridized carbons (Fsp3) is 1.00. The molecule has 0 bridgehead atoms. The summed E-state index contributed by atoms with van der Waals surface area (Å²) in [7, 11) is 2.26. The second-order valence-electron chi connectivity index (χ2n) is 4.62. The van der Waals surface area contributed by atoms with Crippen LogP contribution < -0.4 is 0 Å². The maximum Gasteiger partial charge on any atom is 0.000661 e. The van der Waals surface area contributed by atoms with Crippen LogP contribution in [0.5, 0.6) is 0 Å². The lowest BCUT2D eigenvalue weighted by Gasteiger charge is -2.29. The van der Waals surface area contributed by atoms with Gasteiger partial charge in [0.05, 0.1) is 0 Å². The Morgan fingerprint density at radius 2 is 2.08 bits per heavy atom. The molecule has 0 aromatic carbocycles. The molecule has 0 amide bonds. The molecule has 0 spiro atoms. The molecule has 0 saturated carbocycles. The van der Waals surface area contributed by atoms with E-state index in [1.165, 1.54) is 58.0 Å². The fourth-order valence-corrected chi connectivity index (χ4v) is 2.37. The van der Waals surface area contributed by atoms with Crippen LogP contribution in [0.3, 0.4) is 0 Å². The van der Waals surface area contributed by atoms with Gasteiger partial charge in [0.2, 0.25) is 0 Å². The van der Waals surface area contributed by atoms with Crippen molar-refractivity contribution >= 4 is 0 Å². The summed E-state index contributed by atoms with van der Waals surface area (Å²) in [6.45, 7) is 4.96. The summed E-state index contributed by atoms with van der Waals surface area (Å²) >= 11 is 0. The van der Waals surface area contributed by atoms with Crippen molar-refractivity contribution < 1.29 is 0 Å². The van der Waals surface area contributed by atoms with Crippen LogP contribution in [0.2, 0.25) is 0 Å². The lowest BCUT2D eigenvalue weighted by Crippen LogP contribution is -2.31. The van der Waals surface area contributed by atoms with Crippen molar-refractivity contribution in [3.05, 3.63) is 0 Å². The smallest absolute Gasteiger partial charge is 0.000661 e. The summed E-state index contributed by atoms with van der Waals surface area (Å²) in [6.07, 6.45) is 10.1. The molecule has 78 valence electrons. The fourth-order valence-electron chi connectivity index (χ4n) is 2.37. The quantitative estimate of drug-likeness (QED) is 0.591. The van der Waals surface area contributed by atoms with Crippen molar-refractivity contribution in [3.8, 4) is 0 Å². The number of piperidine rings is 1. The molecule has 0 aromatic rings. The van der Waals surface area contributed by atoms with E-state index < -0.39 is 0 Å². The highest BCUT2D eigenvalue weighted by Crippen LogP contribution is 2.21. The maximum absolute atomic E-state index is 2.49. The van der Waals surface area contributed by atoms with Gasteiger partial charge in [-0.1, -0.05) is 32.6 Å². The van der Waals surface area contributed by atoms with E-state index in [-0.39, 0.29) is 0 Å². The van der Waals surface area contributed by atoms with Gasteiger partial charge in [-0.15, -0.1) is 0 Å². The lowest BCUT2D eigenvalue weighted by atomic mass is 9.92. The van der Waals surface area contributed by atoms with E-state index in [1.807, 2.05) is 0 Å². The minimum atomic E-state index is 1.01. The first-order valence-electron chi connectivity index (χ1n) is 6.01. The molecule has 0 unspecified atom stereocenters. The monoisotopic (exact) mass is 183 g/mol. The molecule has 13 heavy (non-hydrogen) atoms. The summed E-state index contributed by atoms with van der Waals surface area (Å²) < 4.78 is 0. The predicted octanol–water partition coefficient (Wildman–Crippen LogP) is 3.30. The molecule has 1 atom stereocenters. The molecule has 0 aromatic heterocycles. The van der Waals surface area contributed by atoms with Crippen molar-refractivity contribution in [2.24, 2.45) is 5.92 Å². The van der Waals surface area contributed by atoms with Gasteiger partial charge < -0.3 is 4.90 Å². The number of nitrogens with zero attached hydrogens (tertiary/aromatic N) is 1. The average molecular weight is 183 g/mol. The molecule has 1 saturated heterocycles. The minimum absolute atomic E-state index is 1.01. The van der Waals surface area contributed by atoms with E-state index in [9.17, 15) is 0 Å². The highest BCUT2D eigenvalue weighted by Gasteiger charge is 2.15.